The minimum Gasteiger partial charge on any atom is -0.375 e. The van der Waals surface area contributed by atoms with Crippen molar-refractivity contribution in [1.82, 2.24) is 15.6 Å². The first-order valence-electron chi connectivity index (χ1n) is 7.51. The van der Waals surface area contributed by atoms with Gasteiger partial charge in [-0.15, -0.1) is 0 Å². The van der Waals surface area contributed by atoms with E-state index < -0.39 is 0 Å². The second kappa shape index (κ2) is 13.4. The standard InChI is InChI=1S/C16H30N4O/c1-4-5-10-15(2)20(3)14-11-16(21)18-12-8-6-7-9-13-19-17/h4-5,10,19H,1-2,6-9,11-14,17H2,3H3,(H,18,21)/b10-5-. The molecule has 0 aromatic carbocycles. The number of hydrazine groups is 1. The first kappa shape index (κ1) is 19.4. The molecule has 0 spiro atoms. The maximum Gasteiger partial charge on any atom is 0.221 e. The number of likely N-dealkylation sites (N-methyl/N-ethyl adjacent to an activating group) is 1. The molecule has 0 aromatic heterocycles. The summed E-state index contributed by atoms with van der Waals surface area (Å²) in [5.74, 6) is 5.28. The molecule has 0 atom stereocenters. The predicted octanol–water partition coefficient (Wildman–Crippen LogP) is 1.70. The monoisotopic (exact) mass is 294 g/mol. The summed E-state index contributed by atoms with van der Waals surface area (Å²) in [5, 5.41) is 2.94. The number of rotatable bonds is 13. The fraction of sp³-hybridized carbons (Fsp3) is 0.562. The quantitative estimate of drug-likeness (QED) is 0.209. The molecule has 21 heavy (non-hydrogen) atoms. The van der Waals surface area contributed by atoms with Gasteiger partial charge >= 0.3 is 0 Å². The van der Waals surface area contributed by atoms with Gasteiger partial charge in [0.15, 0.2) is 0 Å². The summed E-state index contributed by atoms with van der Waals surface area (Å²) in [7, 11) is 1.93. The van der Waals surface area contributed by atoms with E-state index in [1.54, 1.807) is 6.08 Å². The van der Waals surface area contributed by atoms with Crippen LogP contribution in [0.15, 0.2) is 37.1 Å². The Morgan fingerprint density at radius 1 is 1.24 bits per heavy atom. The van der Waals surface area contributed by atoms with Gasteiger partial charge in [0.2, 0.25) is 5.91 Å². The highest BCUT2D eigenvalue weighted by Crippen LogP contribution is 2.02. The Hall–Kier alpha value is -1.59. The van der Waals surface area contributed by atoms with Crippen LogP contribution in [0.1, 0.15) is 32.1 Å². The molecule has 1 amide bonds. The lowest BCUT2D eigenvalue weighted by atomic mass is 10.2. The van der Waals surface area contributed by atoms with E-state index in [1.807, 2.05) is 24.1 Å². The summed E-state index contributed by atoms with van der Waals surface area (Å²) in [4.78, 5) is 13.6. The fourth-order valence-corrected chi connectivity index (χ4v) is 1.74. The Morgan fingerprint density at radius 2 is 1.90 bits per heavy atom. The van der Waals surface area contributed by atoms with Crippen molar-refractivity contribution in [2.24, 2.45) is 5.84 Å². The number of allylic oxidation sites excluding steroid dienone is 3. The first-order chi connectivity index (χ1) is 10.1. The average molecular weight is 294 g/mol. The molecular weight excluding hydrogens is 264 g/mol. The molecule has 0 radical (unpaired) electrons. The van der Waals surface area contributed by atoms with E-state index in [1.165, 1.54) is 0 Å². The number of hydrogen-bond acceptors (Lipinski definition) is 4. The third-order valence-corrected chi connectivity index (χ3v) is 3.16. The molecule has 0 aromatic rings. The lowest BCUT2D eigenvalue weighted by Gasteiger charge is -2.18. The Morgan fingerprint density at radius 3 is 2.52 bits per heavy atom. The van der Waals surface area contributed by atoms with Gasteiger partial charge in [0.25, 0.3) is 0 Å². The van der Waals surface area contributed by atoms with Crippen molar-refractivity contribution in [3.8, 4) is 0 Å². The minimum absolute atomic E-state index is 0.0889. The number of nitrogens with zero attached hydrogens (tertiary/aromatic N) is 1. The zero-order valence-electron chi connectivity index (χ0n) is 13.2. The van der Waals surface area contributed by atoms with Gasteiger partial charge in [0.1, 0.15) is 0 Å². The summed E-state index contributed by atoms with van der Waals surface area (Å²) in [6, 6.07) is 0. The van der Waals surface area contributed by atoms with Gasteiger partial charge in [-0.3, -0.25) is 16.1 Å². The zero-order valence-corrected chi connectivity index (χ0v) is 13.2. The molecule has 0 fully saturated rings. The van der Waals surface area contributed by atoms with Crippen LogP contribution in [0.2, 0.25) is 0 Å². The van der Waals surface area contributed by atoms with Crippen LogP contribution >= 0.6 is 0 Å². The van der Waals surface area contributed by atoms with Crippen LogP contribution in [0.3, 0.4) is 0 Å². The number of nitrogens with two attached hydrogens (primary N) is 1. The van der Waals surface area contributed by atoms with Crippen molar-refractivity contribution < 1.29 is 4.79 Å². The van der Waals surface area contributed by atoms with Crippen LogP contribution in [0.25, 0.3) is 0 Å². The van der Waals surface area contributed by atoms with Crippen LogP contribution in [-0.2, 0) is 4.79 Å². The summed E-state index contributed by atoms with van der Waals surface area (Å²) in [5.41, 5.74) is 3.51. The van der Waals surface area contributed by atoms with Gasteiger partial charge in [-0.25, -0.2) is 0 Å². The second-order valence-electron chi connectivity index (χ2n) is 4.98. The number of nitrogens with one attached hydrogen (secondary N) is 2. The number of amides is 1. The first-order valence-corrected chi connectivity index (χ1v) is 7.51. The van der Waals surface area contributed by atoms with Crippen molar-refractivity contribution in [3.63, 3.8) is 0 Å². The molecular formula is C16H30N4O. The van der Waals surface area contributed by atoms with E-state index in [9.17, 15) is 4.79 Å². The molecule has 0 aliphatic carbocycles. The second-order valence-corrected chi connectivity index (χ2v) is 4.98. The zero-order chi connectivity index (χ0) is 15.9. The van der Waals surface area contributed by atoms with Crippen molar-refractivity contribution in [3.05, 3.63) is 37.1 Å². The highest BCUT2D eigenvalue weighted by atomic mass is 16.1. The number of carbonyl (C=O) groups is 1. The summed E-state index contributed by atoms with van der Waals surface area (Å²) < 4.78 is 0. The number of unbranched alkanes of at least 4 members (excludes halogenated alkanes) is 3. The van der Waals surface area contributed by atoms with E-state index in [0.717, 1.165) is 44.5 Å². The minimum atomic E-state index is 0.0889. The topological polar surface area (TPSA) is 70.4 Å². The van der Waals surface area contributed by atoms with Crippen LogP contribution < -0.4 is 16.6 Å². The van der Waals surface area contributed by atoms with Gasteiger partial charge in [0.05, 0.1) is 0 Å². The van der Waals surface area contributed by atoms with Gasteiger partial charge in [-0.05, 0) is 18.9 Å². The summed E-state index contributed by atoms with van der Waals surface area (Å²) in [6.45, 7) is 9.79. The van der Waals surface area contributed by atoms with Gasteiger partial charge in [0, 0.05) is 38.8 Å². The SMILES string of the molecule is C=C/C=C\C(=C)N(C)CCC(=O)NCCCCCCNN. The maximum atomic E-state index is 11.7. The number of hydrogen-bond donors (Lipinski definition) is 3. The van der Waals surface area contributed by atoms with Crippen LogP contribution in [0.4, 0.5) is 0 Å². The Labute approximate surface area is 128 Å². The molecule has 5 heteroatoms. The van der Waals surface area contributed by atoms with Gasteiger partial charge in [-0.1, -0.05) is 38.2 Å². The molecule has 0 saturated heterocycles. The van der Waals surface area contributed by atoms with E-state index in [0.29, 0.717) is 13.0 Å². The third-order valence-electron chi connectivity index (χ3n) is 3.16. The Bertz CT molecular complexity index is 339. The smallest absolute Gasteiger partial charge is 0.221 e. The maximum absolute atomic E-state index is 11.7. The predicted molar refractivity (Wildman–Crippen MR) is 89.4 cm³/mol. The molecule has 0 saturated carbocycles. The highest BCUT2D eigenvalue weighted by molar-refractivity contribution is 5.76. The summed E-state index contributed by atoms with van der Waals surface area (Å²) >= 11 is 0. The lowest BCUT2D eigenvalue weighted by Crippen LogP contribution is -2.28. The van der Waals surface area contributed by atoms with Crippen molar-refractivity contribution in [2.45, 2.75) is 32.1 Å². The van der Waals surface area contributed by atoms with Crippen molar-refractivity contribution in [2.75, 3.05) is 26.7 Å². The molecule has 0 aliphatic heterocycles. The van der Waals surface area contributed by atoms with Crippen LogP contribution in [-0.4, -0.2) is 37.5 Å². The largest absolute Gasteiger partial charge is 0.375 e. The molecule has 0 unspecified atom stereocenters. The Balaban J connectivity index is 3.59. The Kier molecular flexibility index (Phi) is 12.4. The highest BCUT2D eigenvalue weighted by Gasteiger charge is 2.04. The summed E-state index contributed by atoms with van der Waals surface area (Å²) in [6.07, 6.45) is 10.2. The molecule has 4 N–H and O–H groups in total. The average Bonchev–Trinajstić information content (AvgIpc) is 2.49. The van der Waals surface area contributed by atoms with E-state index in [2.05, 4.69) is 23.9 Å². The molecule has 0 rings (SSSR count). The van der Waals surface area contributed by atoms with Crippen molar-refractivity contribution >= 4 is 5.91 Å². The molecule has 5 nitrogen and oxygen atoms in total. The van der Waals surface area contributed by atoms with Gasteiger partial charge < -0.3 is 10.2 Å². The molecule has 0 heterocycles. The van der Waals surface area contributed by atoms with Gasteiger partial charge in [-0.2, -0.15) is 0 Å². The lowest BCUT2D eigenvalue weighted by molar-refractivity contribution is -0.121. The fourth-order valence-electron chi connectivity index (χ4n) is 1.74. The van der Waals surface area contributed by atoms with E-state index in [4.69, 9.17) is 5.84 Å². The third kappa shape index (κ3) is 11.9. The van der Waals surface area contributed by atoms with E-state index >= 15 is 0 Å². The molecule has 120 valence electrons. The number of carbonyl (C=O) groups excluding carboxylic acids is 1. The van der Waals surface area contributed by atoms with Crippen molar-refractivity contribution in [1.29, 1.82) is 0 Å². The van der Waals surface area contributed by atoms with Crippen LogP contribution in [0.5, 0.6) is 0 Å². The van der Waals surface area contributed by atoms with Crippen LogP contribution in [0, 0.1) is 0 Å². The molecule has 0 bridgehead atoms. The van der Waals surface area contributed by atoms with E-state index in [-0.39, 0.29) is 5.91 Å². The molecule has 0 aliphatic rings. The normalized spacial score (nSPS) is 10.6.